The summed E-state index contributed by atoms with van der Waals surface area (Å²) in [5.74, 6) is 1.63. The van der Waals surface area contributed by atoms with Gasteiger partial charge in [0, 0.05) is 22.3 Å². The third-order valence-corrected chi connectivity index (χ3v) is 4.05. The molecule has 0 fully saturated rings. The van der Waals surface area contributed by atoms with Gasteiger partial charge in [0.25, 0.3) is 0 Å². The number of nitrogens with zero attached hydrogens (tertiary/aromatic N) is 1. The van der Waals surface area contributed by atoms with Crippen LogP contribution in [-0.2, 0) is 0 Å². The van der Waals surface area contributed by atoms with Gasteiger partial charge in [-0.05, 0) is 46.9 Å². The molecule has 0 spiro atoms. The summed E-state index contributed by atoms with van der Waals surface area (Å²) in [6.07, 6.45) is 1.62. The molecule has 1 aliphatic heterocycles. The van der Waals surface area contributed by atoms with Crippen molar-refractivity contribution in [3.8, 4) is 17.2 Å². The van der Waals surface area contributed by atoms with Crippen LogP contribution in [-0.4, -0.2) is 18.1 Å². The molecule has 6 heteroatoms. The third-order valence-electron chi connectivity index (χ3n) is 2.77. The standard InChI is InChI=1S/C14H9BrINO3/c15-9-3-8(14(18)11(16)4-9)6-17-10-1-2-12-13(5-10)20-7-19-12/h1-6,18H,7H2. The van der Waals surface area contributed by atoms with Crippen LogP contribution >= 0.6 is 38.5 Å². The molecule has 0 atom stereocenters. The van der Waals surface area contributed by atoms with Crippen molar-refractivity contribution in [2.75, 3.05) is 6.79 Å². The topological polar surface area (TPSA) is 51.1 Å². The molecule has 0 amide bonds. The molecule has 0 aliphatic carbocycles. The number of hydrogen-bond donors (Lipinski definition) is 1. The molecule has 0 saturated carbocycles. The van der Waals surface area contributed by atoms with Crippen LogP contribution in [0.15, 0.2) is 39.8 Å². The van der Waals surface area contributed by atoms with E-state index >= 15 is 0 Å². The van der Waals surface area contributed by atoms with Gasteiger partial charge in [-0.2, -0.15) is 0 Å². The first-order valence-corrected chi connectivity index (χ1v) is 7.62. The second-order valence-electron chi connectivity index (χ2n) is 4.12. The molecule has 2 aromatic carbocycles. The Morgan fingerprint density at radius 3 is 2.85 bits per heavy atom. The minimum absolute atomic E-state index is 0.221. The van der Waals surface area contributed by atoms with E-state index in [-0.39, 0.29) is 12.5 Å². The van der Waals surface area contributed by atoms with Crippen molar-refractivity contribution in [2.24, 2.45) is 4.99 Å². The van der Waals surface area contributed by atoms with Crippen molar-refractivity contribution in [1.29, 1.82) is 0 Å². The lowest BCUT2D eigenvalue weighted by molar-refractivity contribution is 0.174. The molecule has 2 aromatic rings. The van der Waals surface area contributed by atoms with Gasteiger partial charge in [-0.25, -0.2) is 0 Å². The fourth-order valence-corrected chi connectivity index (χ4v) is 3.34. The maximum Gasteiger partial charge on any atom is 0.231 e. The molecular weight excluding hydrogens is 437 g/mol. The van der Waals surface area contributed by atoms with Gasteiger partial charge in [-0.3, -0.25) is 4.99 Å². The summed E-state index contributed by atoms with van der Waals surface area (Å²) < 4.78 is 12.2. The monoisotopic (exact) mass is 445 g/mol. The summed E-state index contributed by atoms with van der Waals surface area (Å²) in [6.45, 7) is 0.243. The van der Waals surface area contributed by atoms with E-state index in [1.807, 2.05) is 24.3 Å². The molecule has 1 N–H and O–H groups in total. The Kier molecular flexibility index (Phi) is 3.84. The van der Waals surface area contributed by atoms with Gasteiger partial charge in [-0.15, -0.1) is 0 Å². The van der Waals surface area contributed by atoms with E-state index < -0.39 is 0 Å². The van der Waals surface area contributed by atoms with Crippen molar-refractivity contribution in [1.82, 2.24) is 0 Å². The van der Waals surface area contributed by atoms with Crippen LogP contribution < -0.4 is 9.47 Å². The van der Waals surface area contributed by atoms with E-state index in [0.29, 0.717) is 11.3 Å². The van der Waals surface area contributed by atoms with E-state index in [9.17, 15) is 5.11 Å². The molecule has 0 radical (unpaired) electrons. The Morgan fingerprint density at radius 1 is 1.20 bits per heavy atom. The zero-order valence-corrected chi connectivity index (χ0v) is 13.9. The number of ether oxygens (including phenoxy) is 2. The number of rotatable bonds is 2. The van der Waals surface area contributed by atoms with Crippen molar-refractivity contribution in [2.45, 2.75) is 0 Å². The lowest BCUT2D eigenvalue weighted by atomic mass is 10.2. The number of hydrogen-bond acceptors (Lipinski definition) is 4. The van der Waals surface area contributed by atoms with Gasteiger partial charge in [0.1, 0.15) is 5.75 Å². The number of aliphatic imine (C=N–C) groups is 1. The van der Waals surface area contributed by atoms with Gasteiger partial charge in [0.05, 0.1) is 9.26 Å². The number of phenols is 1. The largest absolute Gasteiger partial charge is 0.506 e. The summed E-state index contributed by atoms with van der Waals surface area (Å²) in [7, 11) is 0. The molecular formula is C14H9BrINO3. The smallest absolute Gasteiger partial charge is 0.231 e. The fraction of sp³-hybridized carbons (Fsp3) is 0.0714. The van der Waals surface area contributed by atoms with Gasteiger partial charge in [0.2, 0.25) is 6.79 Å². The quantitative estimate of drug-likeness (QED) is 0.555. The number of phenolic OH excluding ortho intramolecular Hbond substituents is 1. The van der Waals surface area contributed by atoms with E-state index in [1.165, 1.54) is 0 Å². The maximum absolute atomic E-state index is 9.99. The zero-order valence-electron chi connectivity index (χ0n) is 10.1. The second kappa shape index (κ2) is 5.61. The number of benzene rings is 2. The first-order chi connectivity index (χ1) is 9.63. The summed E-state index contributed by atoms with van der Waals surface area (Å²) in [6, 6.07) is 9.12. The Hall–Kier alpha value is -1.28. The number of aromatic hydroxyl groups is 1. The Balaban J connectivity index is 1.91. The Morgan fingerprint density at radius 2 is 2.00 bits per heavy atom. The predicted molar refractivity (Wildman–Crippen MR) is 88.3 cm³/mol. The normalized spacial score (nSPS) is 13.1. The highest BCUT2D eigenvalue weighted by Crippen LogP contribution is 2.35. The van der Waals surface area contributed by atoms with Crippen LogP contribution in [0.25, 0.3) is 0 Å². The van der Waals surface area contributed by atoms with Crippen LogP contribution in [0.1, 0.15) is 5.56 Å². The van der Waals surface area contributed by atoms with Crippen LogP contribution in [0.5, 0.6) is 17.2 Å². The SMILES string of the molecule is Oc1c(I)cc(Br)cc1C=Nc1ccc2c(c1)OCO2. The van der Waals surface area contributed by atoms with Crippen LogP contribution in [0, 0.1) is 3.57 Å². The summed E-state index contributed by atoms with van der Waals surface area (Å²) >= 11 is 5.48. The molecule has 1 heterocycles. The predicted octanol–water partition coefficient (Wildman–Crippen LogP) is 4.24. The molecule has 0 aromatic heterocycles. The first kappa shape index (κ1) is 13.7. The van der Waals surface area contributed by atoms with Gasteiger partial charge in [-0.1, -0.05) is 15.9 Å². The third kappa shape index (κ3) is 2.76. The van der Waals surface area contributed by atoms with Gasteiger partial charge in [0.15, 0.2) is 11.5 Å². The molecule has 20 heavy (non-hydrogen) atoms. The second-order valence-corrected chi connectivity index (χ2v) is 6.20. The highest BCUT2D eigenvalue weighted by atomic mass is 127. The van der Waals surface area contributed by atoms with Gasteiger partial charge >= 0.3 is 0 Å². The number of halogens is 2. The molecule has 0 unspecified atom stereocenters. The summed E-state index contributed by atoms with van der Waals surface area (Å²) in [5, 5.41) is 9.99. The molecule has 1 aliphatic rings. The summed E-state index contributed by atoms with van der Waals surface area (Å²) in [5.41, 5.74) is 1.39. The molecule has 102 valence electrons. The average Bonchev–Trinajstić information content (AvgIpc) is 2.88. The molecule has 4 nitrogen and oxygen atoms in total. The van der Waals surface area contributed by atoms with E-state index in [4.69, 9.17) is 9.47 Å². The van der Waals surface area contributed by atoms with Crippen molar-refractivity contribution in [3.05, 3.63) is 43.9 Å². The van der Waals surface area contributed by atoms with Crippen molar-refractivity contribution < 1.29 is 14.6 Å². The zero-order chi connectivity index (χ0) is 14.1. The highest BCUT2D eigenvalue weighted by Gasteiger charge is 2.12. The van der Waals surface area contributed by atoms with E-state index in [2.05, 4.69) is 43.5 Å². The molecule has 3 rings (SSSR count). The maximum atomic E-state index is 9.99. The average molecular weight is 446 g/mol. The molecule has 0 saturated heterocycles. The Bertz CT molecular complexity index is 703. The van der Waals surface area contributed by atoms with Crippen LogP contribution in [0.4, 0.5) is 5.69 Å². The minimum Gasteiger partial charge on any atom is -0.506 e. The van der Waals surface area contributed by atoms with E-state index in [1.54, 1.807) is 12.3 Å². The van der Waals surface area contributed by atoms with Gasteiger partial charge < -0.3 is 14.6 Å². The minimum atomic E-state index is 0.221. The van der Waals surface area contributed by atoms with Crippen LogP contribution in [0.2, 0.25) is 0 Å². The van der Waals surface area contributed by atoms with Crippen LogP contribution in [0.3, 0.4) is 0 Å². The highest BCUT2D eigenvalue weighted by molar-refractivity contribution is 14.1. The lowest BCUT2D eigenvalue weighted by Crippen LogP contribution is -1.92. The lowest BCUT2D eigenvalue weighted by Gasteiger charge is -2.03. The fourth-order valence-electron chi connectivity index (χ4n) is 1.79. The molecule has 0 bridgehead atoms. The number of fused-ring (bicyclic) bond motifs is 1. The summed E-state index contributed by atoms with van der Waals surface area (Å²) in [4.78, 5) is 4.35. The van der Waals surface area contributed by atoms with Crippen molar-refractivity contribution in [3.63, 3.8) is 0 Å². The van der Waals surface area contributed by atoms with E-state index in [0.717, 1.165) is 19.5 Å². The first-order valence-electron chi connectivity index (χ1n) is 5.75. The Labute approximate surface area is 137 Å². The van der Waals surface area contributed by atoms with Crippen molar-refractivity contribution >= 4 is 50.4 Å².